The maximum atomic E-state index is 10.1. The first-order chi connectivity index (χ1) is 7.29. The molecule has 0 aliphatic carbocycles. The van der Waals surface area contributed by atoms with E-state index in [0.29, 0.717) is 0 Å². The minimum absolute atomic E-state index is 0. The van der Waals surface area contributed by atoms with Crippen molar-refractivity contribution in [2.24, 2.45) is 0 Å². The Bertz CT molecular complexity index is 449. The fourth-order valence-corrected chi connectivity index (χ4v) is 0.732. The molecule has 1 N–H and O–H groups in total. The Labute approximate surface area is 149 Å². The summed E-state index contributed by atoms with van der Waals surface area (Å²) in [6.07, 6.45) is 2.68. The van der Waals surface area contributed by atoms with E-state index >= 15 is 0 Å². The van der Waals surface area contributed by atoms with Crippen LogP contribution in [0, 0.1) is 0 Å². The van der Waals surface area contributed by atoms with Crippen LogP contribution in [0.2, 0.25) is 0 Å². The van der Waals surface area contributed by atoms with Crippen molar-refractivity contribution in [2.75, 3.05) is 0 Å². The van der Waals surface area contributed by atoms with Crippen molar-refractivity contribution in [3.05, 3.63) is 42.0 Å². The summed E-state index contributed by atoms with van der Waals surface area (Å²) in [5.41, 5.74) is 0.898. The van der Waals surface area contributed by atoms with Crippen LogP contribution in [0.4, 0.5) is 0 Å². The number of carboxylic acids is 1. The molecule has 0 aliphatic rings. The molecule has 0 aromatic heterocycles. The van der Waals surface area contributed by atoms with Crippen molar-refractivity contribution in [3.8, 4) is 0 Å². The van der Waals surface area contributed by atoms with Gasteiger partial charge >= 0.3 is 65.1 Å². The maximum absolute atomic E-state index is 10.1. The summed E-state index contributed by atoms with van der Waals surface area (Å²) in [6.45, 7) is 0. The first-order valence-electron chi connectivity index (χ1n) is 3.92. The molecule has 0 heterocycles. The predicted molar refractivity (Wildman–Crippen MR) is 53.6 cm³/mol. The smallest absolute Gasteiger partial charge is 0.759 e. The first-order valence-corrected chi connectivity index (χ1v) is 5.25. The molecule has 1 rings (SSSR count). The van der Waals surface area contributed by atoms with Crippen LogP contribution in [-0.4, -0.2) is 28.6 Å². The number of carbonyl (C=O) groups is 1. The maximum Gasteiger partial charge on any atom is 1.00 e. The van der Waals surface area contributed by atoms with Crippen molar-refractivity contribution in [1.29, 1.82) is 0 Å². The second-order valence-electron chi connectivity index (χ2n) is 2.49. The Morgan fingerprint density at radius 1 is 1.11 bits per heavy atom. The van der Waals surface area contributed by atoms with Crippen molar-refractivity contribution < 1.29 is 86.5 Å². The Morgan fingerprint density at radius 3 is 1.83 bits per heavy atom. The van der Waals surface area contributed by atoms with Crippen LogP contribution in [0.3, 0.4) is 0 Å². The van der Waals surface area contributed by atoms with E-state index in [0.717, 1.165) is 11.6 Å². The van der Waals surface area contributed by atoms with Crippen LogP contribution in [0.25, 0.3) is 6.08 Å². The van der Waals surface area contributed by atoms with Gasteiger partial charge in [0.2, 0.25) is 0 Å². The van der Waals surface area contributed by atoms with E-state index in [2.05, 4.69) is 0 Å². The summed E-state index contributed by atoms with van der Waals surface area (Å²) in [7, 11) is -5.17. The minimum atomic E-state index is -5.17. The average molecular weight is 290 g/mol. The van der Waals surface area contributed by atoms with Gasteiger partial charge in [0.1, 0.15) is 0 Å². The molecule has 1 aromatic carbocycles. The van der Waals surface area contributed by atoms with Gasteiger partial charge in [-0.3, -0.25) is 8.42 Å². The second-order valence-corrected chi connectivity index (χ2v) is 3.31. The number of aliphatic carboxylic acids is 1. The molecule has 0 saturated carbocycles. The third kappa shape index (κ3) is 21.6. The standard InChI is InChI=1S/C9H8O2.2Na.H2O4S/c10-9(11)7-6-8-4-2-1-3-5-8;;;1-5(2,3)4/h1-7H,(H,10,11);;;(H2,1,2,3,4)/q;2*+1;/p-2. The third-order valence-corrected chi connectivity index (χ3v) is 1.22. The average Bonchev–Trinajstić information content (AvgIpc) is 2.14. The summed E-state index contributed by atoms with van der Waals surface area (Å²) in [5.74, 6) is -0.922. The Morgan fingerprint density at radius 2 is 1.50 bits per heavy atom. The van der Waals surface area contributed by atoms with Crippen LogP contribution in [0.5, 0.6) is 0 Å². The van der Waals surface area contributed by atoms with Gasteiger partial charge in [0.05, 0.1) is 0 Å². The monoisotopic (exact) mass is 290 g/mol. The van der Waals surface area contributed by atoms with Crippen LogP contribution in [0.1, 0.15) is 5.56 Å². The third-order valence-electron chi connectivity index (χ3n) is 1.22. The first kappa shape index (κ1) is 23.4. The van der Waals surface area contributed by atoms with Gasteiger partial charge in [-0.2, -0.15) is 0 Å². The summed E-state index contributed by atoms with van der Waals surface area (Å²) >= 11 is 0. The zero-order chi connectivity index (χ0) is 12.6. The number of hydrogen-bond acceptors (Lipinski definition) is 5. The van der Waals surface area contributed by atoms with E-state index in [9.17, 15) is 4.79 Å². The molecule has 0 aliphatic heterocycles. The number of carboxylic acid groups (broad SMARTS) is 1. The zero-order valence-electron chi connectivity index (χ0n) is 9.94. The van der Waals surface area contributed by atoms with Gasteiger partial charge in [-0.25, -0.2) is 4.79 Å². The number of benzene rings is 1. The van der Waals surface area contributed by atoms with E-state index in [1.807, 2.05) is 30.3 Å². The van der Waals surface area contributed by atoms with Crippen LogP contribution in [-0.2, 0) is 15.2 Å². The van der Waals surface area contributed by atoms with Crippen LogP contribution in [0.15, 0.2) is 36.4 Å². The van der Waals surface area contributed by atoms with Crippen molar-refractivity contribution >= 4 is 22.4 Å². The molecule has 0 atom stereocenters. The molecule has 9 heteroatoms. The Balaban J connectivity index is -0.000000282. The van der Waals surface area contributed by atoms with Gasteiger partial charge < -0.3 is 14.2 Å². The van der Waals surface area contributed by atoms with Gasteiger partial charge in [-0.05, 0) is 11.6 Å². The number of rotatable bonds is 2. The fraction of sp³-hybridized carbons (Fsp3) is 0. The Kier molecular flexibility index (Phi) is 16.0. The van der Waals surface area contributed by atoms with E-state index in [1.165, 1.54) is 0 Å². The van der Waals surface area contributed by atoms with Gasteiger partial charge in [-0.1, -0.05) is 30.3 Å². The zero-order valence-corrected chi connectivity index (χ0v) is 14.8. The normalized spacial score (nSPS) is 9.44. The largest absolute Gasteiger partial charge is 1.00 e. The van der Waals surface area contributed by atoms with E-state index < -0.39 is 16.4 Å². The second kappa shape index (κ2) is 12.3. The molecule has 0 radical (unpaired) electrons. The van der Waals surface area contributed by atoms with Crippen molar-refractivity contribution in [3.63, 3.8) is 0 Å². The molecule has 0 spiro atoms. The van der Waals surface area contributed by atoms with Gasteiger partial charge in [0, 0.05) is 16.5 Å². The van der Waals surface area contributed by atoms with Gasteiger partial charge in [0.15, 0.2) is 0 Å². The molecule has 0 bridgehead atoms. The van der Waals surface area contributed by atoms with Crippen molar-refractivity contribution in [1.82, 2.24) is 0 Å². The van der Waals surface area contributed by atoms with Gasteiger partial charge in [-0.15, -0.1) is 0 Å². The molecule has 0 amide bonds. The molecular weight excluding hydrogens is 282 g/mol. The van der Waals surface area contributed by atoms with E-state index in [1.54, 1.807) is 6.08 Å². The topological polar surface area (TPSA) is 118 Å². The molecule has 1 aromatic rings. The minimum Gasteiger partial charge on any atom is -0.759 e. The molecule has 0 fully saturated rings. The summed E-state index contributed by atoms with van der Waals surface area (Å²) in [4.78, 5) is 10.1. The Hall–Kier alpha value is 0.300. The molecule has 0 unspecified atom stereocenters. The molecule has 18 heavy (non-hydrogen) atoms. The molecule has 0 saturated heterocycles. The van der Waals surface area contributed by atoms with Crippen LogP contribution < -0.4 is 59.1 Å². The molecule has 6 nitrogen and oxygen atoms in total. The summed E-state index contributed by atoms with van der Waals surface area (Å²) in [6, 6.07) is 9.31. The van der Waals surface area contributed by atoms with Gasteiger partial charge in [0.25, 0.3) is 0 Å². The van der Waals surface area contributed by atoms with Crippen molar-refractivity contribution in [2.45, 2.75) is 0 Å². The SMILES string of the molecule is O=C(O)C=Cc1ccccc1.O=S(=O)([O-])[O-].[Na+].[Na+]. The van der Waals surface area contributed by atoms with E-state index in [-0.39, 0.29) is 59.1 Å². The van der Waals surface area contributed by atoms with Crippen LogP contribution >= 0.6 is 0 Å². The number of hydrogen-bond donors (Lipinski definition) is 1. The van der Waals surface area contributed by atoms with E-state index in [4.69, 9.17) is 22.6 Å². The molecule has 88 valence electrons. The summed E-state index contributed by atoms with van der Waals surface area (Å²) in [5, 5.41) is 8.29. The predicted octanol–water partition coefficient (Wildman–Crippen LogP) is -5.55. The molecular formula is C9H8Na2O6S. The summed E-state index contributed by atoms with van der Waals surface area (Å²) < 4.78 is 34.1. The quantitative estimate of drug-likeness (QED) is 0.251. The fourth-order valence-electron chi connectivity index (χ4n) is 0.732.